The van der Waals surface area contributed by atoms with Crippen molar-refractivity contribution < 1.29 is 9.90 Å². The second kappa shape index (κ2) is 3.06. The van der Waals surface area contributed by atoms with Gasteiger partial charge in [-0.25, -0.2) is 0 Å². The van der Waals surface area contributed by atoms with Crippen LogP contribution in [0, 0.1) is 0 Å². The summed E-state index contributed by atoms with van der Waals surface area (Å²) in [5.74, 6) is 0. The van der Waals surface area contributed by atoms with E-state index in [1.807, 2.05) is 0 Å². The highest BCUT2D eigenvalue weighted by molar-refractivity contribution is 7.96. The van der Waals surface area contributed by atoms with Crippen LogP contribution in [0.2, 0.25) is 0 Å². The van der Waals surface area contributed by atoms with Gasteiger partial charge in [0.1, 0.15) is 0 Å². The SMILES string of the molecule is C[C@@H](O)[C@H](N)C(=O)S. The van der Waals surface area contributed by atoms with Gasteiger partial charge < -0.3 is 10.8 Å². The number of carbonyl (C=O) groups excluding carboxylic acids is 1. The van der Waals surface area contributed by atoms with Gasteiger partial charge in [0.05, 0.1) is 12.1 Å². The molecule has 0 aromatic carbocycles. The number of nitrogens with two attached hydrogens (primary N) is 1. The maximum atomic E-state index is 10.2. The molecule has 0 bridgehead atoms. The molecule has 0 saturated heterocycles. The Hall–Kier alpha value is -0.0600. The molecule has 0 aliphatic rings. The zero-order chi connectivity index (χ0) is 6.73. The van der Waals surface area contributed by atoms with Gasteiger partial charge in [-0.05, 0) is 6.92 Å². The van der Waals surface area contributed by atoms with E-state index in [4.69, 9.17) is 10.8 Å². The lowest BCUT2D eigenvalue weighted by Crippen LogP contribution is -2.37. The summed E-state index contributed by atoms with van der Waals surface area (Å²) in [6.07, 6.45) is -0.806. The van der Waals surface area contributed by atoms with Crippen molar-refractivity contribution in [2.24, 2.45) is 5.73 Å². The van der Waals surface area contributed by atoms with Crippen molar-refractivity contribution in [3.8, 4) is 0 Å². The van der Waals surface area contributed by atoms with Gasteiger partial charge in [0.25, 0.3) is 0 Å². The normalized spacial score (nSPS) is 17.5. The topological polar surface area (TPSA) is 63.3 Å². The predicted octanol–water partition coefficient (Wildman–Crippen LogP) is -0.849. The van der Waals surface area contributed by atoms with Crippen LogP contribution in [-0.2, 0) is 4.79 Å². The van der Waals surface area contributed by atoms with Crippen LogP contribution >= 0.6 is 12.6 Å². The van der Waals surface area contributed by atoms with Gasteiger partial charge in [-0.15, -0.1) is 12.6 Å². The molecule has 3 nitrogen and oxygen atoms in total. The van der Waals surface area contributed by atoms with Crippen molar-refractivity contribution in [2.75, 3.05) is 0 Å². The van der Waals surface area contributed by atoms with Crippen molar-refractivity contribution in [3.05, 3.63) is 0 Å². The highest BCUT2D eigenvalue weighted by Gasteiger charge is 2.13. The minimum atomic E-state index is -0.849. The first kappa shape index (κ1) is 7.94. The molecule has 0 fully saturated rings. The summed E-state index contributed by atoms with van der Waals surface area (Å²) < 4.78 is 0. The fraction of sp³-hybridized carbons (Fsp3) is 0.750. The fourth-order valence-corrected chi connectivity index (χ4v) is 0.422. The van der Waals surface area contributed by atoms with Gasteiger partial charge >= 0.3 is 0 Å². The van der Waals surface area contributed by atoms with E-state index in [0.29, 0.717) is 0 Å². The van der Waals surface area contributed by atoms with E-state index < -0.39 is 17.3 Å². The second-order valence-electron chi connectivity index (χ2n) is 1.60. The lowest BCUT2D eigenvalue weighted by molar-refractivity contribution is -0.113. The third-order valence-corrected chi connectivity index (χ3v) is 1.10. The summed E-state index contributed by atoms with van der Waals surface area (Å²) in [6, 6.07) is -0.849. The molecule has 0 unspecified atom stereocenters. The number of thiol groups is 1. The molecule has 0 rings (SSSR count). The van der Waals surface area contributed by atoms with Crippen molar-refractivity contribution in [1.29, 1.82) is 0 Å². The quantitative estimate of drug-likeness (QED) is 0.432. The average molecular weight is 135 g/mol. The lowest BCUT2D eigenvalue weighted by atomic mass is 10.2. The van der Waals surface area contributed by atoms with E-state index in [9.17, 15) is 4.79 Å². The standard InChI is InChI=1S/C4H9NO2S/c1-2(6)3(5)4(7)8/h2-3,6H,5H2,1H3,(H,7,8)/t2-,3+/m1/s1. The molecule has 2 atom stereocenters. The first-order chi connectivity index (χ1) is 3.55. The molecule has 0 aromatic heterocycles. The van der Waals surface area contributed by atoms with Gasteiger partial charge in [-0.1, -0.05) is 0 Å². The van der Waals surface area contributed by atoms with Crippen molar-refractivity contribution in [3.63, 3.8) is 0 Å². The summed E-state index contributed by atoms with van der Waals surface area (Å²) in [7, 11) is 0. The third-order valence-electron chi connectivity index (χ3n) is 0.805. The maximum absolute atomic E-state index is 10.2. The van der Waals surface area contributed by atoms with Gasteiger partial charge in [-0.2, -0.15) is 0 Å². The predicted molar refractivity (Wildman–Crippen MR) is 33.6 cm³/mol. The number of aliphatic hydroxyl groups excluding tert-OH is 1. The maximum Gasteiger partial charge on any atom is 0.205 e. The molecule has 0 spiro atoms. The Labute approximate surface area is 53.3 Å². The summed E-state index contributed by atoms with van der Waals surface area (Å²) in [5.41, 5.74) is 5.08. The third kappa shape index (κ3) is 2.30. The number of aliphatic hydroxyl groups is 1. The smallest absolute Gasteiger partial charge is 0.205 e. The molecular weight excluding hydrogens is 126 g/mol. The fourth-order valence-electron chi connectivity index (χ4n) is 0.206. The number of hydrogen-bond acceptors (Lipinski definition) is 3. The molecule has 4 heteroatoms. The van der Waals surface area contributed by atoms with Crippen LogP contribution in [0.1, 0.15) is 6.92 Å². The Kier molecular flexibility index (Phi) is 3.04. The van der Waals surface area contributed by atoms with Crippen LogP contribution in [-0.4, -0.2) is 22.4 Å². The van der Waals surface area contributed by atoms with Crippen molar-refractivity contribution in [2.45, 2.75) is 19.1 Å². The summed E-state index contributed by atoms with van der Waals surface area (Å²) in [4.78, 5) is 10.2. The first-order valence-electron chi connectivity index (χ1n) is 2.22. The molecule has 0 saturated carbocycles. The number of carbonyl (C=O) groups is 1. The van der Waals surface area contributed by atoms with Crippen molar-refractivity contribution >= 4 is 17.7 Å². The van der Waals surface area contributed by atoms with Crippen LogP contribution < -0.4 is 5.73 Å². The van der Waals surface area contributed by atoms with Crippen LogP contribution in [0.15, 0.2) is 0 Å². The van der Waals surface area contributed by atoms with Crippen LogP contribution in [0.3, 0.4) is 0 Å². The molecule has 0 amide bonds. The lowest BCUT2D eigenvalue weighted by Gasteiger charge is -2.07. The molecule has 8 heavy (non-hydrogen) atoms. The first-order valence-corrected chi connectivity index (χ1v) is 2.67. The Morgan fingerprint density at radius 2 is 2.25 bits per heavy atom. The molecule has 0 aliphatic carbocycles. The Morgan fingerprint density at radius 3 is 2.25 bits per heavy atom. The molecule has 0 heterocycles. The number of rotatable bonds is 2. The zero-order valence-corrected chi connectivity index (χ0v) is 5.43. The monoisotopic (exact) mass is 135 g/mol. The zero-order valence-electron chi connectivity index (χ0n) is 4.53. The molecule has 0 radical (unpaired) electrons. The van der Waals surface area contributed by atoms with Gasteiger partial charge in [0, 0.05) is 0 Å². The van der Waals surface area contributed by atoms with Gasteiger partial charge in [0.2, 0.25) is 5.12 Å². The molecule has 48 valence electrons. The summed E-state index contributed by atoms with van der Waals surface area (Å²) in [6.45, 7) is 1.44. The van der Waals surface area contributed by atoms with Gasteiger partial charge in [-0.3, -0.25) is 4.79 Å². The summed E-state index contributed by atoms with van der Waals surface area (Å²) >= 11 is 3.41. The van der Waals surface area contributed by atoms with Crippen LogP contribution in [0.5, 0.6) is 0 Å². The van der Waals surface area contributed by atoms with E-state index in [-0.39, 0.29) is 0 Å². The number of hydrogen-bond donors (Lipinski definition) is 3. The van der Waals surface area contributed by atoms with E-state index in [1.165, 1.54) is 6.92 Å². The van der Waals surface area contributed by atoms with E-state index in [0.717, 1.165) is 0 Å². The Morgan fingerprint density at radius 1 is 1.88 bits per heavy atom. The van der Waals surface area contributed by atoms with Crippen molar-refractivity contribution in [1.82, 2.24) is 0 Å². The van der Waals surface area contributed by atoms with Crippen LogP contribution in [0.4, 0.5) is 0 Å². The largest absolute Gasteiger partial charge is 0.391 e. The average Bonchev–Trinajstić information content (AvgIpc) is 1.64. The molecule has 3 N–H and O–H groups in total. The molecule has 0 aromatic rings. The Bertz CT molecular complexity index is 94.0. The second-order valence-corrected chi connectivity index (χ2v) is 2.05. The van der Waals surface area contributed by atoms with E-state index in [2.05, 4.69) is 12.6 Å². The minimum Gasteiger partial charge on any atom is -0.391 e. The summed E-state index contributed by atoms with van der Waals surface area (Å²) in [5, 5.41) is 8.11. The van der Waals surface area contributed by atoms with Crippen LogP contribution in [0.25, 0.3) is 0 Å². The highest BCUT2D eigenvalue weighted by Crippen LogP contribution is 1.92. The van der Waals surface area contributed by atoms with E-state index >= 15 is 0 Å². The molecular formula is C4H9NO2S. The highest BCUT2D eigenvalue weighted by atomic mass is 32.1. The molecule has 0 aliphatic heterocycles. The Balaban J connectivity index is 3.64. The minimum absolute atomic E-state index is 0.486. The van der Waals surface area contributed by atoms with E-state index in [1.54, 1.807) is 0 Å². The van der Waals surface area contributed by atoms with Gasteiger partial charge in [0.15, 0.2) is 0 Å².